The van der Waals surface area contributed by atoms with Crippen molar-refractivity contribution in [1.29, 1.82) is 0 Å². The Kier molecular flexibility index (Phi) is 4.61. The number of benzene rings is 1. The Hall–Kier alpha value is -1.33. The van der Waals surface area contributed by atoms with Crippen LogP contribution in [0.3, 0.4) is 0 Å². The number of halogens is 1. The van der Waals surface area contributed by atoms with Crippen LogP contribution in [0.2, 0.25) is 0 Å². The van der Waals surface area contributed by atoms with Crippen LogP contribution in [0.25, 0.3) is 0 Å². The Balaban J connectivity index is 2.11. The number of phenols is 1. The fourth-order valence-electron chi connectivity index (χ4n) is 2.06. The first kappa shape index (κ1) is 14.1. The number of hydrogen-bond acceptors (Lipinski definition) is 3. The van der Waals surface area contributed by atoms with E-state index in [1.54, 1.807) is 24.1 Å². The van der Waals surface area contributed by atoms with Gasteiger partial charge in [0, 0.05) is 24.7 Å². The van der Waals surface area contributed by atoms with Gasteiger partial charge in [0.05, 0.1) is 12.2 Å². The lowest BCUT2D eigenvalue weighted by Crippen LogP contribution is -2.35. The van der Waals surface area contributed by atoms with Gasteiger partial charge in [0.25, 0.3) is 5.91 Å². The van der Waals surface area contributed by atoms with Crippen molar-refractivity contribution in [2.24, 2.45) is 0 Å². The summed E-state index contributed by atoms with van der Waals surface area (Å²) >= 11 is 3.31. The molecule has 0 fully saturated rings. The molecular weight excluding hydrogens is 310 g/mol. The van der Waals surface area contributed by atoms with Crippen molar-refractivity contribution in [3.63, 3.8) is 0 Å². The Morgan fingerprint density at radius 1 is 1.53 bits per heavy atom. The van der Waals surface area contributed by atoms with E-state index >= 15 is 0 Å². The highest BCUT2D eigenvalue weighted by molar-refractivity contribution is 9.10. The number of nitrogens with zero attached hydrogens (tertiary/aromatic N) is 1. The number of carbonyl (C=O) groups is 1. The first-order valence-electron chi connectivity index (χ1n) is 6.06. The van der Waals surface area contributed by atoms with E-state index in [0.717, 1.165) is 10.9 Å². The van der Waals surface area contributed by atoms with Crippen LogP contribution in [0.4, 0.5) is 0 Å². The molecule has 1 heterocycles. The third-order valence-corrected chi connectivity index (χ3v) is 3.60. The Labute approximate surface area is 120 Å². The van der Waals surface area contributed by atoms with Crippen LogP contribution in [0, 0.1) is 0 Å². The van der Waals surface area contributed by atoms with Gasteiger partial charge in [-0.2, -0.15) is 0 Å². The van der Waals surface area contributed by atoms with Crippen molar-refractivity contribution in [2.45, 2.75) is 6.42 Å². The van der Waals surface area contributed by atoms with Gasteiger partial charge in [0.1, 0.15) is 5.75 Å². The zero-order chi connectivity index (χ0) is 13.8. The zero-order valence-corrected chi connectivity index (χ0v) is 12.3. The number of ether oxygens (including phenoxy) is 1. The minimum absolute atomic E-state index is 0.0138. The molecule has 0 aromatic heterocycles. The normalized spacial score (nSPS) is 15.3. The van der Waals surface area contributed by atoms with Crippen LogP contribution >= 0.6 is 15.9 Å². The van der Waals surface area contributed by atoms with Crippen molar-refractivity contribution < 1.29 is 14.6 Å². The second-order valence-electron chi connectivity index (χ2n) is 4.46. The van der Waals surface area contributed by atoms with Gasteiger partial charge in [0.2, 0.25) is 0 Å². The van der Waals surface area contributed by atoms with Crippen molar-refractivity contribution in [3.8, 4) is 5.75 Å². The number of rotatable bonds is 3. The Morgan fingerprint density at radius 3 is 2.95 bits per heavy atom. The smallest absolute Gasteiger partial charge is 0.257 e. The highest BCUT2D eigenvalue weighted by Gasteiger charge is 2.21. The van der Waals surface area contributed by atoms with Crippen molar-refractivity contribution in [2.75, 3.05) is 26.8 Å². The quantitative estimate of drug-likeness (QED) is 0.869. The molecule has 1 N–H and O–H groups in total. The summed E-state index contributed by atoms with van der Waals surface area (Å²) in [6.45, 7) is 1.83. The average molecular weight is 326 g/mol. The van der Waals surface area contributed by atoms with Crippen LogP contribution in [0.5, 0.6) is 5.75 Å². The summed E-state index contributed by atoms with van der Waals surface area (Å²) in [5.74, 6) is -0.133. The van der Waals surface area contributed by atoms with Crippen molar-refractivity contribution in [1.82, 2.24) is 4.90 Å². The fraction of sp³-hybridized carbons (Fsp3) is 0.357. The largest absolute Gasteiger partial charge is 0.507 e. The van der Waals surface area contributed by atoms with E-state index < -0.39 is 0 Å². The highest BCUT2D eigenvalue weighted by atomic mass is 79.9. The van der Waals surface area contributed by atoms with E-state index in [1.807, 2.05) is 6.08 Å². The van der Waals surface area contributed by atoms with E-state index in [2.05, 4.69) is 15.9 Å². The molecule has 0 spiro atoms. The summed E-state index contributed by atoms with van der Waals surface area (Å²) in [5, 5.41) is 9.77. The molecule has 1 aromatic rings. The molecule has 1 aromatic carbocycles. The average Bonchev–Trinajstić information content (AvgIpc) is 2.42. The molecule has 2 rings (SSSR count). The standard InChI is InChI=1S/C14H16BrNO3/c1-19-9-10-4-6-16(7-5-10)14(18)12-8-11(15)2-3-13(12)17/h2-4,8,17H,5-7,9H2,1H3. The summed E-state index contributed by atoms with van der Waals surface area (Å²) in [6, 6.07) is 4.87. The molecule has 19 heavy (non-hydrogen) atoms. The van der Waals surface area contributed by atoms with Gasteiger partial charge in [-0.05, 0) is 30.2 Å². The number of aromatic hydroxyl groups is 1. The maximum atomic E-state index is 12.3. The van der Waals surface area contributed by atoms with Gasteiger partial charge < -0.3 is 14.7 Å². The third kappa shape index (κ3) is 3.36. The first-order valence-corrected chi connectivity index (χ1v) is 6.85. The Bertz CT molecular complexity index is 513. The maximum absolute atomic E-state index is 12.3. The summed E-state index contributed by atoms with van der Waals surface area (Å²) in [7, 11) is 1.66. The molecule has 0 saturated carbocycles. The van der Waals surface area contributed by atoms with E-state index in [1.165, 1.54) is 11.6 Å². The molecule has 102 valence electrons. The number of carbonyl (C=O) groups excluding carboxylic acids is 1. The minimum atomic E-state index is -0.147. The SMILES string of the molecule is COCC1=CCN(C(=O)c2cc(Br)ccc2O)CC1. The fourth-order valence-corrected chi connectivity index (χ4v) is 2.42. The summed E-state index contributed by atoms with van der Waals surface area (Å²) in [5.41, 5.74) is 1.54. The first-order chi connectivity index (χ1) is 9.11. The second kappa shape index (κ2) is 6.21. The molecule has 1 aliphatic heterocycles. The molecule has 0 aliphatic carbocycles. The van der Waals surface area contributed by atoms with Gasteiger partial charge >= 0.3 is 0 Å². The molecule has 1 amide bonds. The van der Waals surface area contributed by atoms with Crippen LogP contribution in [0.15, 0.2) is 34.3 Å². The van der Waals surface area contributed by atoms with Crippen LogP contribution in [-0.2, 0) is 4.74 Å². The van der Waals surface area contributed by atoms with Gasteiger partial charge in [-0.3, -0.25) is 4.79 Å². The molecule has 5 heteroatoms. The molecule has 4 nitrogen and oxygen atoms in total. The number of amides is 1. The van der Waals surface area contributed by atoms with Gasteiger partial charge in [-0.1, -0.05) is 22.0 Å². The van der Waals surface area contributed by atoms with Gasteiger partial charge in [-0.25, -0.2) is 0 Å². The second-order valence-corrected chi connectivity index (χ2v) is 5.37. The van der Waals surface area contributed by atoms with Crippen LogP contribution in [0.1, 0.15) is 16.8 Å². The van der Waals surface area contributed by atoms with Crippen LogP contribution < -0.4 is 0 Å². The summed E-state index contributed by atoms with van der Waals surface area (Å²) in [6.07, 6.45) is 2.83. The molecule has 0 bridgehead atoms. The lowest BCUT2D eigenvalue weighted by molar-refractivity contribution is 0.0762. The van der Waals surface area contributed by atoms with E-state index in [9.17, 15) is 9.90 Å². The molecule has 1 aliphatic rings. The minimum Gasteiger partial charge on any atom is -0.507 e. The lowest BCUT2D eigenvalue weighted by Gasteiger charge is -2.26. The lowest BCUT2D eigenvalue weighted by atomic mass is 10.1. The van der Waals surface area contributed by atoms with E-state index in [-0.39, 0.29) is 11.7 Å². The zero-order valence-electron chi connectivity index (χ0n) is 10.7. The molecule has 0 atom stereocenters. The third-order valence-electron chi connectivity index (χ3n) is 3.11. The van der Waals surface area contributed by atoms with Gasteiger partial charge in [-0.15, -0.1) is 0 Å². The van der Waals surface area contributed by atoms with E-state index in [0.29, 0.717) is 25.3 Å². The van der Waals surface area contributed by atoms with Crippen molar-refractivity contribution in [3.05, 3.63) is 39.9 Å². The summed E-state index contributed by atoms with van der Waals surface area (Å²) < 4.78 is 5.86. The monoisotopic (exact) mass is 325 g/mol. The number of methoxy groups -OCH3 is 1. The molecule has 0 saturated heterocycles. The predicted molar refractivity (Wildman–Crippen MR) is 76.3 cm³/mol. The number of phenolic OH excluding ortho intramolecular Hbond substituents is 1. The Morgan fingerprint density at radius 2 is 2.32 bits per heavy atom. The summed E-state index contributed by atoms with van der Waals surface area (Å²) in [4.78, 5) is 14.0. The van der Waals surface area contributed by atoms with Crippen LogP contribution in [-0.4, -0.2) is 42.7 Å². The van der Waals surface area contributed by atoms with Gasteiger partial charge in [0.15, 0.2) is 0 Å². The van der Waals surface area contributed by atoms with Crippen molar-refractivity contribution >= 4 is 21.8 Å². The molecule has 0 unspecified atom stereocenters. The predicted octanol–water partition coefficient (Wildman–Crippen LogP) is 2.57. The maximum Gasteiger partial charge on any atom is 0.257 e. The van der Waals surface area contributed by atoms with E-state index in [4.69, 9.17) is 4.74 Å². The molecular formula is C14H16BrNO3. The molecule has 0 radical (unpaired) electrons. The highest BCUT2D eigenvalue weighted by Crippen LogP contribution is 2.24. The topological polar surface area (TPSA) is 49.8 Å². The number of hydrogen-bond donors (Lipinski definition) is 1.